The van der Waals surface area contributed by atoms with Gasteiger partial charge in [0.2, 0.25) is 11.9 Å². The van der Waals surface area contributed by atoms with E-state index in [0.717, 1.165) is 22.2 Å². The number of hydrogen-bond donors (Lipinski definition) is 0. The average Bonchev–Trinajstić information content (AvgIpc) is 3.35. The van der Waals surface area contributed by atoms with Gasteiger partial charge in [-0.15, -0.1) is 0 Å². The van der Waals surface area contributed by atoms with Crippen molar-refractivity contribution in [2.24, 2.45) is 0 Å². The van der Waals surface area contributed by atoms with Crippen molar-refractivity contribution in [1.82, 2.24) is 24.7 Å². The molecule has 4 heterocycles. The predicted molar refractivity (Wildman–Crippen MR) is 123 cm³/mol. The first-order chi connectivity index (χ1) is 17.0. The molecule has 0 saturated carbocycles. The van der Waals surface area contributed by atoms with Crippen LogP contribution in [0.2, 0.25) is 0 Å². The van der Waals surface area contributed by atoms with Crippen molar-refractivity contribution in [3.05, 3.63) is 102 Å². The Hall–Kier alpha value is -4.21. The maximum Gasteiger partial charge on any atom is 0.435 e. The Kier molecular flexibility index (Phi) is 5.54. The monoisotopic (exact) mass is 495 g/mol. The highest BCUT2D eigenvalue weighted by Crippen LogP contribution is 2.36. The van der Waals surface area contributed by atoms with Crippen LogP contribution in [0.1, 0.15) is 30.9 Å². The van der Waals surface area contributed by atoms with Crippen molar-refractivity contribution in [1.29, 1.82) is 0 Å². The molecule has 36 heavy (non-hydrogen) atoms. The molecule has 0 aliphatic carbocycles. The molecular weight excluding hydrogens is 477 g/mol. The van der Waals surface area contributed by atoms with E-state index in [1.807, 2.05) is 32.0 Å². The summed E-state index contributed by atoms with van der Waals surface area (Å²) in [4.78, 5) is 12.6. The number of alkyl halides is 3. The summed E-state index contributed by atoms with van der Waals surface area (Å²) in [7, 11) is 0. The molecule has 0 aliphatic heterocycles. The fourth-order valence-electron chi connectivity index (χ4n) is 3.95. The van der Waals surface area contributed by atoms with Crippen LogP contribution in [0, 0.1) is 11.9 Å². The molecule has 182 valence electrons. The quantitative estimate of drug-likeness (QED) is 0.211. The van der Waals surface area contributed by atoms with Crippen LogP contribution in [0.5, 0.6) is 0 Å². The van der Waals surface area contributed by atoms with Gasteiger partial charge in [0.25, 0.3) is 0 Å². The normalized spacial score (nSPS) is 12.3. The Balaban J connectivity index is 1.63. The van der Waals surface area contributed by atoms with Crippen LogP contribution >= 0.6 is 0 Å². The standard InChI is InChI=1S/C26H18F5N5/c1-25(2,18-8-5-9-22(32-18)36-13-12-19(35-36)26(29,30)31)20-14-15-6-3-4-7-16(15)23(33-20)17-10-11-21(27)34-24(17)28/h3-14H,1-2H3. The molecule has 10 heteroatoms. The zero-order chi connectivity index (χ0) is 25.7. The summed E-state index contributed by atoms with van der Waals surface area (Å²) in [5, 5.41) is 5.02. The average molecular weight is 495 g/mol. The summed E-state index contributed by atoms with van der Waals surface area (Å²) in [5.41, 5.74) is -0.498. The number of halogens is 5. The van der Waals surface area contributed by atoms with Crippen LogP contribution < -0.4 is 0 Å². The zero-order valence-electron chi connectivity index (χ0n) is 19.1. The largest absolute Gasteiger partial charge is 0.435 e. The molecule has 5 rings (SSSR count). The molecule has 0 radical (unpaired) electrons. The summed E-state index contributed by atoms with van der Waals surface area (Å²) < 4.78 is 68.2. The molecule has 0 N–H and O–H groups in total. The molecule has 5 aromatic rings. The molecule has 0 saturated heterocycles. The second kappa shape index (κ2) is 8.47. The van der Waals surface area contributed by atoms with E-state index >= 15 is 0 Å². The molecule has 0 fully saturated rings. The lowest BCUT2D eigenvalue weighted by molar-refractivity contribution is -0.141. The van der Waals surface area contributed by atoms with E-state index in [0.29, 0.717) is 22.5 Å². The van der Waals surface area contributed by atoms with E-state index in [-0.39, 0.29) is 11.4 Å². The number of pyridine rings is 3. The van der Waals surface area contributed by atoms with Crippen molar-refractivity contribution < 1.29 is 22.0 Å². The van der Waals surface area contributed by atoms with Crippen molar-refractivity contribution in [2.45, 2.75) is 25.4 Å². The van der Waals surface area contributed by atoms with Gasteiger partial charge in [-0.2, -0.15) is 32.0 Å². The summed E-state index contributed by atoms with van der Waals surface area (Å²) in [6.07, 6.45) is -3.38. The lowest BCUT2D eigenvalue weighted by Crippen LogP contribution is -2.23. The SMILES string of the molecule is CC(C)(c1cccc(-n2ccc(C(F)(F)F)n2)n1)c1cc2ccccc2c(-c2ccc(F)nc2F)n1. The topological polar surface area (TPSA) is 56.5 Å². The van der Waals surface area contributed by atoms with E-state index in [9.17, 15) is 22.0 Å². The number of rotatable bonds is 4. The first-order valence-electron chi connectivity index (χ1n) is 10.9. The van der Waals surface area contributed by atoms with E-state index in [4.69, 9.17) is 4.98 Å². The van der Waals surface area contributed by atoms with E-state index in [2.05, 4.69) is 15.1 Å². The van der Waals surface area contributed by atoms with Crippen molar-refractivity contribution in [3.8, 4) is 17.1 Å². The van der Waals surface area contributed by atoms with E-state index in [1.165, 1.54) is 12.3 Å². The van der Waals surface area contributed by atoms with Crippen LogP contribution in [0.15, 0.2) is 72.9 Å². The number of nitrogens with zero attached hydrogens (tertiary/aromatic N) is 5. The lowest BCUT2D eigenvalue weighted by Gasteiger charge is -2.25. The van der Waals surface area contributed by atoms with Gasteiger partial charge in [0.15, 0.2) is 11.5 Å². The molecule has 4 aromatic heterocycles. The first kappa shape index (κ1) is 23.5. The molecule has 0 bridgehead atoms. The molecule has 5 nitrogen and oxygen atoms in total. The zero-order valence-corrected chi connectivity index (χ0v) is 19.1. The first-order valence-corrected chi connectivity index (χ1v) is 10.9. The van der Waals surface area contributed by atoms with Gasteiger partial charge in [-0.3, -0.25) is 4.98 Å². The second-order valence-electron chi connectivity index (χ2n) is 8.70. The number of hydrogen-bond acceptors (Lipinski definition) is 4. The van der Waals surface area contributed by atoms with Crippen LogP contribution in [0.3, 0.4) is 0 Å². The van der Waals surface area contributed by atoms with Gasteiger partial charge in [-0.05, 0) is 55.6 Å². The highest BCUT2D eigenvalue weighted by atomic mass is 19.4. The van der Waals surface area contributed by atoms with Crippen molar-refractivity contribution in [3.63, 3.8) is 0 Å². The van der Waals surface area contributed by atoms with Gasteiger partial charge in [0.1, 0.15) is 0 Å². The molecule has 0 atom stereocenters. The summed E-state index contributed by atoms with van der Waals surface area (Å²) >= 11 is 0. The fraction of sp³-hybridized carbons (Fsp3) is 0.154. The number of fused-ring (bicyclic) bond motifs is 1. The summed E-state index contributed by atoms with van der Waals surface area (Å²) in [5.74, 6) is -1.72. The smallest absolute Gasteiger partial charge is 0.251 e. The van der Waals surface area contributed by atoms with Gasteiger partial charge in [-0.25, -0.2) is 9.67 Å². The third kappa shape index (κ3) is 4.19. The Morgan fingerprint density at radius 3 is 2.25 bits per heavy atom. The minimum atomic E-state index is -4.57. The van der Waals surface area contributed by atoms with Gasteiger partial charge in [-0.1, -0.05) is 30.3 Å². The maximum absolute atomic E-state index is 14.6. The Labute approximate surface area is 202 Å². The van der Waals surface area contributed by atoms with Crippen molar-refractivity contribution in [2.75, 3.05) is 0 Å². The second-order valence-corrected chi connectivity index (χ2v) is 8.70. The summed E-state index contributed by atoms with van der Waals surface area (Å²) in [6, 6.07) is 17.3. The molecular formula is C26H18F5N5. The van der Waals surface area contributed by atoms with Crippen LogP contribution in [0.4, 0.5) is 22.0 Å². The Morgan fingerprint density at radius 1 is 0.750 bits per heavy atom. The van der Waals surface area contributed by atoms with Crippen LogP contribution in [0.25, 0.3) is 27.8 Å². The van der Waals surface area contributed by atoms with Gasteiger partial charge < -0.3 is 0 Å². The molecule has 0 unspecified atom stereocenters. The Bertz CT molecular complexity index is 1590. The molecule has 0 aliphatic rings. The van der Waals surface area contributed by atoms with Crippen molar-refractivity contribution >= 4 is 10.8 Å². The van der Waals surface area contributed by atoms with Gasteiger partial charge in [0, 0.05) is 17.0 Å². The van der Waals surface area contributed by atoms with Gasteiger partial charge in [0.05, 0.1) is 22.6 Å². The van der Waals surface area contributed by atoms with Crippen LogP contribution in [-0.2, 0) is 11.6 Å². The number of benzene rings is 1. The molecule has 0 spiro atoms. The van der Waals surface area contributed by atoms with Gasteiger partial charge >= 0.3 is 6.18 Å². The number of aromatic nitrogens is 5. The highest BCUT2D eigenvalue weighted by Gasteiger charge is 2.34. The van der Waals surface area contributed by atoms with E-state index < -0.39 is 29.2 Å². The fourth-order valence-corrected chi connectivity index (χ4v) is 3.95. The summed E-state index contributed by atoms with van der Waals surface area (Å²) in [6.45, 7) is 3.70. The minimum absolute atomic E-state index is 0.0446. The van der Waals surface area contributed by atoms with Crippen LogP contribution in [-0.4, -0.2) is 24.7 Å². The van der Waals surface area contributed by atoms with E-state index in [1.54, 1.807) is 30.3 Å². The third-order valence-electron chi connectivity index (χ3n) is 5.94. The highest BCUT2D eigenvalue weighted by molar-refractivity contribution is 5.95. The lowest BCUT2D eigenvalue weighted by atomic mass is 9.83. The molecule has 0 amide bonds. The molecule has 1 aromatic carbocycles. The maximum atomic E-state index is 14.6. The minimum Gasteiger partial charge on any atom is -0.251 e. The predicted octanol–water partition coefficient (Wildman–Crippen LogP) is 6.50. The third-order valence-corrected chi connectivity index (χ3v) is 5.94. The Morgan fingerprint density at radius 2 is 1.53 bits per heavy atom.